The molecule has 0 amide bonds. The molecule has 2 heterocycles. The monoisotopic (exact) mass is 384 g/mol. The minimum atomic E-state index is -3.47. The number of halogens is 1. The molecule has 4 nitrogen and oxygen atoms in total. The van der Waals surface area contributed by atoms with Gasteiger partial charge in [-0.25, -0.2) is 8.42 Å². The van der Waals surface area contributed by atoms with Gasteiger partial charge in [-0.1, -0.05) is 17.7 Å². The zero-order valence-corrected chi connectivity index (χ0v) is 16.2. The molecular weight excluding hydrogens is 364 g/mol. The lowest BCUT2D eigenvalue weighted by atomic mass is 10.2. The molecule has 7 heteroatoms. The van der Waals surface area contributed by atoms with Crippen LogP contribution in [-0.2, 0) is 16.6 Å². The first-order valence-electron chi connectivity index (χ1n) is 7.89. The largest absolute Gasteiger partial charge is 0.296 e. The molecule has 1 aromatic heterocycles. The van der Waals surface area contributed by atoms with E-state index in [2.05, 4.69) is 16.3 Å². The second kappa shape index (κ2) is 7.14. The molecule has 1 fully saturated rings. The van der Waals surface area contributed by atoms with Crippen LogP contribution in [0.25, 0.3) is 0 Å². The van der Waals surface area contributed by atoms with Gasteiger partial charge >= 0.3 is 0 Å². The van der Waals surface area contributed by atoms with Gasteiger partial charge in [0.25, 0.3) is 0 Å². The standard InChI is InChI=1S/C17H21ClN2O2S2/c1-13-11-17(14(2)10-16(13)18)24(21,22)20-7-5-19(6-8-20)12-15-4-3-9-23-15/h3-4,9-11H,5-8,12H2,1-2H3. The van der Waals surface area contributed by atoms with Crippen LogP contribution >= 0.6 is 22.9 Å². The lowest BCUT2D eigenvalue weighted by Gasteiger charge is -2.34. The fraction of sp³-hybridized carbons (Fsp3) is 0.412. The maximum absolute atomic E-state index is 13.0. The summed E-state index contributed by atoms with van der Waals surface area (Å²) < 4.78 is 27.5. The number of benzene rings is 1. The number of hydrogen-bond donors (Lipinski definition) is 0. The van der Waals surface area contributed by atoms with E-state index < -0.39 is 10.0 Å². The van der Waals surface area contributed by atoms with Gasteiger partial charge in [-0.3, -0.25) is 4.90 Å². The van der Waals surface area contributed by atoms with Gasteiger partial charge in [0, 0.05) is 42.6 Å². The van der Waals surface area contributed by atoms with Crippen LogP contribution in [0.4, 0.5) is 0 Å². The Bertz CT molecular complexity index is 811. The molecular formula is C17H21ClN2O2S2. The summed E-state index contributed by atoms with van der Waals surface area (Å²) >= 11 is 7.83. The van der Waals surface area contributed by atoms with Gasteiger partial charge in [-0.05, 0) is 48.6 Å². The van der Waals surface area contributed by atoms with E-state index >= 15 is 0 Å². The quantitative estimate of drug-likeness (QED) is 0.809. The Morgan fingerprint density at radius 1 is 1.12 bits per heavy atom. The zero-order chi connectivity index (χ0) is 17.3. The average Bonchev–Trinajstić information content (AvgIpc) is 3.04. The minimum absolute atomic E-state index is 0.371. The van der Waals surface area contributed by atoms with Crippen molar-refractivity contribution in [3.05, 3.63) is 50.7 Å². The molecule has 1 aliphatic heterocycles. The van der Waals surface area contributed by atoms with Crippen molar-refractivity contribution in [1.82, 2.24) is 9.21 Å². The summed E-state index contributed by atoms with van der Waals surface area (Å²) in [5, 5.41) is 2.68. The van der Waals surface area contributed by atoms with Crippen LogP contribution in [0.1, 0.15) is 16.0 Å². The molecule has 0 N–H and O–H groups in total. The first-order valence-corrected chi connectivity index (χ1v) is 10.6. The van der Waals surface area contributed by atoms with Crippen LogP contribution in [0.2, 0.25) is 5.02 Å². The van der Waals surface area contributed by atoms with E-state index in [1.54, 1.807) is 34.7 Å². The average molecular weight is 385 g/mol. The number of aryl methyl sites for hydroxylation is 2. The van der Waals surface area contributed by atoms with Crippen molar-refractivity contribution in [2.24, 2.45) is 0 Å². The summed E-state index contributed by atoms with van der Waals surface area (Å²) in [5.41, 5.74) is 1.49. The maximum Gasteiger partial charge on any atom is 0.243 e. The predicted octanol–water partition coefficient (Wildman–Crippen LogP) is 3.52. The number of thiophene rings is 1. The van der Waals surface area contributed by atoms with Gasteiger partial charge < -0.3 is 0 Å². The first-order chi connectivity index (χ1) is 11.4. The van der Waals surface area contributed by atoms with Crippen LogP contribution in [0.5, 0.6) is 0 Å². The van der Waals surface area contributed by atoms with Gasteiger partial charge in [-0.15, -0.1) is 11.3 Å². The summed E-state index contributed by atoms with van der Waals surface area (Å²) in [6.07, 6.45) is 0. The topological polar surface area (TPSA) is 40.6 Å². The van der Waals surface area contributed by atoms with E-state index in [0.717, 1.165) is 25.2 Å². The minimum Gasteiger partial charge on any atom is -0.296 e. The molecule has 0 unspecified atom stereocenters. The zero-order valence-electron chi connectivity index (χ0n) is 13.8. The van der Waals surface area contributed by atoms with Crippen LogP contribution in [0, 0.1) is 13.8 Å². The highest BCUT2D eigenvalue weighted by Gasteiger charge is 2.30. The Labute approximate surface area is 152 Å². The van der Waals surface area contributed by atoms with Gasteiger partial charge in [0.1, 0.15) is 0 Å². The second-order valence-corrected chi connectivity index (χ2v) is 9.47. The number of piperazine rings is 1. The number of hydrogen-bond acceptors (Lipinski definition) is 4. The fourth-order valence-corrected chi connectivity index (χ4v) is 5.60. The summed E-state index contributed by atoms with van der Waals surface area (Å²) in [4.78, 5) is 3.99. The van der Waals surface area contributed by atoms with Crippen molar-refractivity contribution < 1.29 is 8.42 Å². The summed E-state index contributed by atoms with van der Waals surface area (Å²) in [5.74, 6) is 0. The molecule has 0 aliphatic carbocycles. The van der Waals surface area contributed by atoms with Crippen LogP contribution in [0.15, 0.2) is 34.5 Å². The highest BCUT2D eigenvalue weighted by Crippen LogP contribution is 2.27. The lowest BCUT2D eigenvalue weighted by molar-refractivity contribution is 0.183. The molecule has 0 atom stereocenters. The molecule has 1 aliphatic rings. The summed E-state index contributed by atoms with van der Waals surface area (Å²) in [6.45, 7) is 7.07. The smallest absolute Gasteiger partial charge is 0.243 e. The lowest BCUT2D eigenvalue weighted by Crippen LogP contribution is -2.48. The van der Waals surface area contributed by atoms with Crippen molar-refractivity contribution in [1.29, 1.82) is 0 Å². The molecule has 0 saturated carbocycles. The van der Waals surface area contributed by atoms with Crippen LogP contribution in [0.3, 0.4) is 0 Å². The molecule has 3 rings (SSSR count). The Morgan fingerprint density at radius 3 is 2.46 bits per heavy atom. The number of rotatable bonds is 4. The van der Waals surface area contributed by atoms with E-state index in [-0.39, 0.29) is 0 Å². The summed E-state index contributed by atoms with van der Waals surface area (Å²) in [6, 6.07) is 7.59. The molecule has 130 valence electrons. The SMILES string of the molecule is Cc1cc(S(=O)(=O)N2CCN(Cc3cccs3)CC2)c(C)cc1Cl. The van der Waals surface area contributed by atoms with E-state index in [0.29, 0.717) is 28.6 Å². The second-order valence-electron chi connectivity index (χ2n) is 6.13. The molecule has 0 radical (unpaired) electrons. The normalized spacial score (nSPS) is 17.3. The van der Waals surface area contributed by atoms with Gasteiger partial charge in [0.15, 0.2) is 0 Å². The van der Waals surface area contributed by atoms with Crippen molar-refractivity contribution in [2.75, 3.05) is 26.2 Å². The molecule has 1 aromatic carbocycles. The van der Waals surface area contributed by atoms with Gasteiger partial charge in [-0.2, -0.15) is 4.31 Å². The third kappa shape index (κ3) is 3.68. The van der Waals surface area contributed by atoms with E-state index in [1.807, 2.05) is 13.0 Å². The van der Waals surface area contributed by atoms with Crippen molar-refractivity contribution in [3.8, 4) is 0 Å². The highest BCUT2D eigenvalue weighted by atomic mass is 35.5. The molecule has 0 bridgehead atoms. The van der Waals surface area contributed by atoms with Crippen molar-refractivity contribution >= 4 is 33.0 Å². The van der Waals surface area contributed by atoms with Crippen molar-refractivity contribution in [2.45, 2.75) is 25.3 Å². The Hall–Kier alpha value is -0.920. The predicted molar refractivity (Wildman–Crippen MR) is 99.3 cm³/mol. The van der Waals surface area contributed by atoms with Gasteiger partial charge in [0.2, 0.25) is 10.0 Å². The van der Waals surface area contributed by atoms with Crippen LogP contribution < -0.4 is 0 Å². The van der Waals surface area contributed by atoms with E-state index in [1.165, 1.54) is 4.88 Å². The highest BCUT2D eigenvalue weighted by molar-refractivity contribution is 7.89. The third-order valence-corrected chi connectivity index (χ3v) is 7.67. The molecule has 1 saturated heterocycles. The van der Waals surface area contributed by atoms with E-state index in [9.17, 15) is 8.42 Å². The Balaban J connectivity index is 1.72. The number of sulfonamides is 1. The summed E-state index contributed by atoms with van der Waals surface area (Å²) in [7, 11) is -3.47. The van der Waals surface area contributed by atoms with Crippen LogP contribution in [-0.4, -0.2) is 43.8 Å². The molecule has 0 spiro atoms. The third-order valence-electron chi connectivity index (χ3n) is 4.36. The Kier molecular flexibility index (Phi) is 5.32. The molecule has 2 aromatic rings. The van der Waals surface area contributed by atoms with Gasteiger partial charge in [0.05, 0.1) is 4.90 Å². The Morgan fingerprint density at radius 2 is 1.83 bits per heavy atom. The van der Waals surface area contributed by atoms with E-state index in [4.69, 9.17) is 11.6 Å². The van der Waals surface area contributed by atoms with Crippen molar-refractivity contribution in [3.63, 3.8) is 0 Å². The fourth-order valence-electron chi connectivity index (χ4n) is 2.92. The first kappa shape index (κ1) is 17.9. The molecule has 24 heavy (non-hydrogen) atoms. The maximum atomic E-state index is 13.0. The number of nitrogens with zero attached hydrogens (tertiary/aromatic N) is 2.